The van der Waals surface area contributed by atoms with Gasteiger partial charge in [-0.2, -0.15) is 0 Å². The van der Waals surface area contributed by atoms with Gasteiger partial charge < -0.3 is 5.11 Å². The van der Waals surface area contributed by atoms with E-state index in [-0.39, 0.29) is 16.9 Å². The van der Waals surface area contributed by atoms with Crippen LogP contribution in [0.1, 0.15) is 27.6 Å². The van der Waals surface area contributed by atoms with Crippen LogP contribution in [0.15, 0.2) is 65.6 Å². The number of nitrogens with zero attached hydrogens (tertiary/aromatic N) is 1. The standard InChI is InChI=1S/C23H18FNO3S/c1-13-5-10-17(14(2)12-13)25-20(18-4-3-11-29-18)19(22(27)23(25)28)21(26)15-6-8-16(24)9-7-15/h3-12,20,26H,1-2H3/b21-19-. The Morgan fingerprint density at radius 1 is 1.07 bits per heavy atom. The van der Waals surface area contributed by atoms with E-state index in [1.165, 1.54) is 40.5 Å². The molecule has 0 radical (unpaired) electrons. The lowest BCUT2D eigenvalue weighted by Gasteiger charge is -2.26. The number of carbonyl (C=O) groups excluding carboxylic acids is 2. The minimum Gasteiger partial charge on any atom is -0.507 e. The highest BCUT2D eigenvalue weighted by Gasteiger charge is 2.47. The van der Waals surface area contributed by atoms with Crippen LogP contribution in [0.4, 0.5) is 10.1 Å². The van der Waals surface area contributed by atoms with Crippen LogP contribution in [-0.4, -0.2) is 16.8 Å². The third kappa shape index (κ3) is 3.25. The van der Waals surface area contributed by atoms with Crippen LogP contribution in [0.3, 0.4) is 0 Å². The molecule has 0 aliphatic carbocycles. The molecule has 2 heterocycles. The number of halogens is 1. The molecule has 1 aliphatic rings. The Kier molecular flexibility index (Phi) is 4.80. The summed E-state index contributed by atoms with van der Waals surface area (Å²) in [5.41, 5.74) is 2.81. The van der Waals surface area contributed by atoms with Crippen molar-refractivity contribution in [2.75, 3.05) is 4.90 Å². The fraction of sp³-hybridized carbons (Fsp3) is 0.130. The number of aryl methyl sites for hydroxylation is 2. The molecule has 0 bridgehead atoms. The van der Waals surface area contributed by atoms with E-state index in [1.54, 1.807) is 0 Å². The molecule has 1 atom stereocenters. The van der Waals surface area contributed by atoms with Gasteiger partial charge in [-0.05, 0) is 61.2 Å². The predicted molar refractivity (Wildman–Crippen MR) is 111 cm³/mol. The Labute approximate surface area is 171 Å². The van der Waals surface area contributed by atoms with Gasteiger partial charge in [0.2, 0.25) is 0 Å². The number of Topliss-reactive ketones (excluding diaryl/α,β-unsaturated/α-hetero) is 1. The van der Waals surface area contributed by atoms with E-state index >= 15 is 0 Å². The van der Waals surface area contributed by atoms with Crippen molar-refractivity contribution in [2.24, 2.45) is 0 Å². The quantitative estimate of drug-likeness (QED) is 0.372. The van der Waals surface area contributed by atoms with Crippen LogP contribution in [0.5, 0.6) is 0 Å². The maximum Gasteiger partial charge on any atom is 0.300 e. The van der Waals surface area contributed by atoms with Crippen LogP contribution in [-0.2, 0) is 9.59 Å². The molecule has 1 amide bonds. The molecule has 1 fully saturated rings. The lowest BCUT2D eigenvalue weighted by Crippen LogP contribution is -2.29. The van der Waals surface area contributed by atoms with Crippen molar-refractivity contribution >= 4 is 34.5 Å². The van der Waals surface area contributed by atoms with Crippen LogP contribution >= 0.6 is 11.3 Å². The van der Waals surface area contributed by atoms with Crippen molar-refractivity contribution in [1.29, 1.82) is 0 Å². The minimum atomic E-state index is -0.759. The number of rotatable bonds is 3. The van der Waals surface area contributed by atoms with Crippen LogP contribution in [0.2, 0.25) is 0 Å². The van der Waals surface area contributed by atoms with Crippen molar-refractivity contribution in [3.63, 3.8) is 0 Å². The van der Waals surface area contributed by atoms with Gasteiger partial charge in [-0.3, -0.25) is 14.5 Å². The van der Waals surface area contributed by atoms with E-state index in [0.717, 1.165) is 16.0 Å². The molecule has 3 aromatic rings. The van der Waals surface area contributed by atoms with Crippen molar-refractivity contribution in [3.8, 4) is 0 Å². The van der Waals surface area contributed by atoms with Crippen LogP contribution in [0.25, 0.3) is 5.76 Å². The van der Waals surface area contributed by atoms with Gasteiger partial charge in [0, 0.05) is 16.1 Å². The summed E-state index contributed by atoms with van der Waals surface area (Å²) in [6, 6.07) is 13.7. The first-order valence-corrected chi connectivity index (χ1v) is 9.94. The molecule has 1 N–H and O–H groups in total. The Bertz CT molecular complexity index is 1130. The Morgan fingerprint density at radius 3 is 2.41 bits per heavy atom. The number of amides is 1. The molecular formula is C23H18FNO3S. The lowest BCUT2D eigenvalue weighted by molar-refractivity contribution is -0.132. The van der Waals surface area contributed by atoms with Gasteiger partial charge in [-0.15, -0.1) is 11.3 Å². The van der Waals surface area contributed by atoms with Gasteiger partial charge in [-0.25, -0.2) is 4.39 Å². The number of ketones is 1. The molecule has 4 nitrogen and oxygen atoms in total. The summed E-state index contributed by atoms with van der Waals surface area (Å²) in [7, 11) is 0. The first kappa shape index (κ1) is 19.1. The molecule has 1 unspecified atom stereocenters. The second kappa shape index (κ2) is 7.29. The van der Waals surface area contributed by atoms with Gasteiger partial charge in [0.15, 0.2) is 0 Å². The monoisotopic (exact) mass is 407 g/mol. The molecule has 0 spiro atoms. The van der Waals surface area contributed by atoms with E-state index < -0.39 is 23.5 Å². The largest absolute Gasteiger partial charge is 0.507 e. The van der Waals surface area contributed by atoms with E-state index in [2.05, 4.69) is 0 Å². The molecule has 4 rings (SSSR count). The van der Waals surface area contributed by atoms with Gasteiger partial charge in [0.05, 0.1) is 5.57 Å². The lowest BCUT2D eigenvalue weighted by atomic mass is 9.99. The third-order valence-corrected chi connectivity index (χ3v) is 5.91. The van der Waals surface area contributed by atoms with Gasteiger partial charge >= 0.3 is 0 Å². The Hall–Kier alpha value is -3.25. The summed E-state index contributed by atoms with van der Waals surface area (Å²) < 4.78 is 13.3. The topological polar surface area (TPSA) is 57.6 Å². The fourth-order valence-corrected chi connectivity index (χ4v) is 4.46. The summed E-state index contributed by atoms with van der Waals surface area (Å²) in [6.45, 7) is 3.84. The number of hydrogen-bond donors (Lipinski definition) is 1. The number of hydrogen-bond acceptors (Lipinski definition) is 4. The maximum absolute atomic E-state index is 13.3. The molecule has 1 saturated heterocycles. The average Bonchev–Trinajstić information content (AvgIpc) is 3.30. The summed E-state index contributed by atoms with van der Waals surface area (Å²) in [6.07, 6.45) is 0. The van der Waals surface area contributed by atoms with E-state index in [1.807, 2.05) is 49.6 Å². The summed E-state index contributed by atoms with van der Waals surface area (Å²) in [5.74, 6) is -2.22. The maximum atomic E-state index is 13.3. The second-order valence-corrected chi connectivity index (χ2v) is 7.96. The summed E-state index contributed by atoms with van der Waals surface area (Å²) >= 11 is 1.40. The Morgan fingerprint density at radius 2 is 1.79 bits per heavy atom. The first-order valence-electron chi connectivity index (χ1n) is 9.06. The molecule has 1 aromatic heterocycles. The van der Waals surface area contributed by atoms with Crippen molar-refractivity contribution in [2.45, 2.75) is 19.9 Å². The van der Waals surface area contributed by atoms with Crippen LogP contribution < -0.4 is 4.90 Å². The predicted octanol–water partition coefficient (Wildman–Crippen LogP) is 5.13. The van der Waals surface area contributed by atoms with Crippen molar-refractivity contribution in [1.82, 2.24) is 0 Å². The number of thiophene rings is 1. The number of benzene rings is 2. The molecule has 6 heteroatoms. The highest BCUT2D eigenvalue weighted by molar-refractivity contribution is 7.10. The van der Waals surface area contributed by atoms with E-state index in [4.69, 9.17) is 0 Å². The highest BCUT2D eigenvalue weighted by Crippen LogP contribution is 2.44. The second-order valence-electron chi connectivity index (χ2n) is 6.98. The molecule has 2 aromatic carbocycles. The number of carbonyl (C=O) groups is 2. The Balaban J connectivity index is 1.94. The smallest absolute Gasteiger partial charge is 0.300 e. The van der Waals surface area contributed by atoms with Crippen molar-refractivity contribution in [3.05, 3.63) is 92.9 Å². The zero-order valence-electron chi connectivity index (χ0n) is 15.8. The van der Waals surface area contributed by atoms with E-state index in [0.29, 0.717) is 5.69 Å². The zero-order chi connectivity index (χ0) is 20.7. The van der Waals surface area contributed by atoms with Gasteiger partial charge in [-0.1, -0.05) is 23.8 Å². The first-order chi connectivity index (χ1) is 13.9. The number of anilines is 1. The summed E-state index contributed by atoms with van der Waals surface area (Å²) in [4.78, 5) is 28.2. The highest BCUT2D eigenvalue weighted by atomic mass is 32.1. The molecule has 29 heavy (non-hydrogen) atoms. The normalized spacial score (nSPS) is 18.4. The zero-order valence-corrected chi connectivity index (χ0v) is 16.7. The number of aliphatic hydroxyl groups excluding tert-OH is 1. The van der Waals surface area contributed by atoms with Crippen molar-refractivity contribution < 1.29 is 19.1 Å². The van der Waals surface area contributed by atoms with Crippen LogP contribution in [0, 0.1) is 19.7 Å². The molecular weight excluding hydrogens is 389 g/mol. The minimum absolute atomic E-state index is 0.00373. The average molecular weight is 407 g/mol. The summed E-state index contributed by atoms with van der Waals surface area (Å²) in [5, 5.41) is 12.8. The SMILES string of the molecule is Cc1ccc(N2C(=O)C(=O)/C(=C(\O)c3ccc(F)cc3)C2c2cccs2)c(C)c1. The molecule has 1 aliphatic heterocycles. The third-order valence-electron chi connectivity index (χ3n) is 4.99. The van der Waals surface area contributed by atoms with Gasteiger partial charge in [0.1, 0.15) is 17.6 Å². The van der Waals surface area contributed by atoms with E-state index in [9.17, 15) is 19.1 Å². The van der Waals surface area contributed by atoms with Gasteiger partial charge in [0.25, 0.3) is 11.7 Å². The molecule has 0 saturated carbocycles. The molecule has 146 valence electrons. The fourth-order valence-electron chi connectivity index (χ4n) is 3.64. The number of aliphatic hydroxyl groups is 1.